The Balaban J connectivity index is 2.57. The highest BCUT2D eigenvalue weighted by atomic mass is 32.2. The second kappa shape index (κ2) is 3.94. The van der Waals surface area contributed by atoms with Crippen LogP contribution < -0.4 is 0 Å². The molecule has 0 radical (unpaired) electrons. The number of hydrogen-bond acceptors (Lipinski definition) is 3. The topological polar surface area (TPSA) is 30.0 Å². The second-order valence-corrected chi connectivity index (χ2v) is 5.59. The number of rotatable bonds is 2. The standard InChI is InChI=1S/C9H7F2NOS2/c1-5-3-2-4-6-7(5)12-9(14-6)15(13)8(10)11/h2-4,8H,1H3. The summed E-state index contributed by atoms with van der Waals surface area (Å²) in [5.41, 5.74) is 1.56. The Morgan fingerprint density at radius 2 is 2.20 bits per heavy atom. The fraction of sp³-hybridized carbons (Fsp3) is 0.222. The van der Waals surface area contributed by atoms with Gasteiger partial charge in [-0.25, -0.2) is 9.19 Å². The highest BCUT2D eigenvalue weighted by Gasteiger charge is 2.20. The van der Waals surface area contributed by atoms with E-state index < -0.39 is 16.6 Å². The summed E-state index contributed by atoms with van der Waals surface area (Å²) in [6, 6.07) is 5.45. The highest BCUT2D eigenvalue weighted by Crippen LogP contribution is 2.28. The summed E-state index contributed by atoms with van der Waals surface area (Å²) in [5, 5.41) is 0. The van der Waals surface area contributed by atoms with E-state index in [-0.39, 0.29) is 4.34 Å². The quantitative estimate of drug-likeness (QED) is 0.816. The van der Waals surface area contributed by atoms with Crippen molar-refractivity contribution in [3.05, 3.63) is 23.8 Å². The minimum absolute atomic E-state index is 0.00528. The minimum Gasteiger partial charge on any atom is -0.246 e. The van der Waals surface area contributed by atoms with Crippen LogP contribution in [0.15, 0.2) is 22.5 Å². The molecule has 2 rings (SSSR count). The molecule has 15 heavy (non-hydrogen) atoms. The van der Waals surface area contributed by atoms with Crippen molar-refractivity contribution in [1.82, 2.24) is 4.98 Å². The Bertz CT molecular complexity index is 524. The molecule has 80 valence electrons. The lowest BCUT2D eigenvalue weighted by atomic mass is 10.2. The molecule has 0 aliphatic carbocycles. The van der Waals surface area contributed by atoms with E-state index in [9.17, 15) is 13.0 Å². The molecule has 1 aromatic carbocycles. The van der Waals surface area contributed by atoms with Crippen molar-refractivity contribution in [2.24, 2.45) is 0 Å². The number of nitrogens with zero attached hydrogens (tertiary/aromatic N) is 1. The molecule has 0 saturated carbocycles. The van der Waals surface area contributed by atoms with Crippen LogP contribution in [-0.4, -0.2) is 15.0 Å². The van der Waals surface area contributed by atoms with E-state index in [1.165, 1.54) is 0 Å². The van der Waals surface area contributed by atoms with E-state index in [1.54, 1.807) is 6.07 Å². The summed E-state index contributed by atoms with van der Waals surface area (Å²) in [6.07, 6.45) is 0. The van der Waals surface area contributed by atoms with Crippen LogP contribution in [0.2, 0.25) is 0 Å². The van der Waals surface area contributed by atoms with Gasteiger partial charge < -0.3 is 0 Å². The number of fused-ring (bicyclic) bond motifs is 1. The Morgan fingerprint density at radius 3 is 2.80 bits per heavy atom. The molecular formula is C9H7F2NOS2. The van der Waals surface area contributed by atoms with Gasteiger partial charge in [0.15, 0.2) is 4.34 Å². The van der Waals surface area contributed by atoms with Crippen LogP contribution in [0.1, 0.15) is 5.56 Å². The Hall–Kier alpha value is -0.880. The van der Waals surface area contributed by atoms with Crippen LogP contribution in [0, 0.1) is 6.92 Å². The maximum absolute atomic E-state index is 12.2. The first-order valence-corrected chi connectivity index (χ1v) is 6.17. The van der Waals surface area contributed by atoms with Crippen molar-refractivity contribution >= 4 is 32.4 Å². The molecule has 2 aromatic rings. The molecule has 1 atom stereocenters. The monoisotopic (exact) mass is 247 g/mol. The van der Waals surface area contributed by atoms with E-state index in [4.69, 9.17) is 0 Å². The molecule has 1 heterocycles. The molecule has 0 amide bonds. The van der Waals surface area contributed by atoms with Crippen molar-refractivity contribution < 1.29 is 13.0 Å². The van der Waals surface area contributed by atoms with Gasteiger partial charge in [0, 0.05) is 0 Å². The number of hydrogen-bond donors (Lipinski definition) is 0. The fourth-order valence-corrected chi connectivity index (χ4v) is 3.15. The van der Waals surface area contributed by atoms with Gasteiger partial charge in [-0.1, -0.05) is 12.1 Å². The Labute approximate surface area is 91.4 Å². The summed E-state index contributed by atoms with van der Waals surface area (Å²) >= 11 is 1.06. The van der Waals surface area contributed by atoms with Gasteiger partial charge in [0.05, 0.1) is 10.2 Å². The number of thiazole rings is 1. The molecule has 0 aliphatic heterocycles. The molecule has 0 saturated heterocycles. The fourth-order valence-electron chi connectivity index (χ4n) is 1.23. The molecule has 1 aromatic heterocycles. The van der Waals surface area contributed by atoms with E-state index in [1.807, 2.05) is 19.1 Å². The number of para-hydroxylation sites is 1. The number of aryl methyl sites for hydroxylation is 1. The predicted molar refractivity (Wildman–Crippen MR) is 56.8 cm³/mol. The summed E-state index contributed by atoms with van der Waals surface area (Å²) in [5.74, 6) is -2.87. The molecule has 0 aliphatic rings. The summed E-state index contributed by atoms with van der Waals surface area (Å²) in [4.78, 5) is 3.97. The molecule has 0 N–H and O–H groups in total. The van der Waals surface area contributed by atoms with Crippen LogP contribution in [-0.2, 0) is 10.8 Å². The lowest BCUT2D eigenvalue weighted by Gasteiger charge is -1.92. The van der Waals surface area contributed by atoms with Gasteiger partial charge in [0.2, 0.25) is 0 Å². The first-order chi connectivity index (χ1) is 7.09. The Kier molecular flexibility index (Phi) is 2.79. The zero-order valence-corrected chi connectivity index (χ0v) is 9.37. The normalized spacial score (nSPS) is 13.6. The van der Waals surface area contributed by atoms with Gasteiger partial charge >= 0.3 is 5.76 Å². The van der Waals surface area contributed by atoms with Gasteiger partial charge in [-0.15, -0.1) is 11.3 Å². The van der Waals surface area contributed by atoms with Crippen molar-refractivity contribution in [2.75, 3.05) is 0 Å². The van der Waals surface area contributed by atoms with Crippen molar-refractivity contribution in [3.8, 4) is 0 Å². The lowest BCUT2D eigenvalue weighted by Crippen LogP contribution is -2.01. The number of benzene rings is 1. The molecule has 6 heteroatoms. The minimum atomic E-state index is -2.87. The van der Waals surface area contributed by atoms with Gasteiger partial charge in [0.25, 0.3) is 0 Å². The first-order valence-electron chi connectivity index (χ1n) is 4.14. The zero-order chi connectivity index (χ0) is 11.0. The smallest absolute Gasteiger partial charge is 0.246 e. The average Bonchev–Trinajstić information content (AvgIpc) is 2.61. The van der Waals surface area contributed by atoms with Gasteiger partial charge in [-0.3, -0.25) is 0 Å². The Morgan fingerprint density at radius 1 is 1.47 bits per heavy atom. The van der Waals surface area contributed by atoms with Crippen LogP contribution in [0.4, 0.5) is 8.78 Å². The number of halogens is 2. The van der Waals surface area contributed by atoms with Crippen LogP contribution >= 0.6 is 11.3 Å². The molecular weight excluding hydrogens is 240 g/mol. The molecule has 0 bridgehead atoms. The van der Waals surface area contributed by atoms with E-state index in [0.717, 1.165) is 21.6 Å². The molecule has 1 unspecified atom stereocenters. The van der Waals surface area contributed by atoms with Crippen LogP contribution in [0.25, 0.3) is 10.2 Å². The summed E-state index contributed by atoms with van der Waals surface area (Å²) in [7, 11) is -2.30. The largest absolute Gasteiger partial charge is 0.318 e. The predicted octanol–water partition coefficient (Wildman–Crippen LogP) is 2.93. The van der Waals surface area contributed by atoms with E-state index in [0.29, 0.717) is 5.52 Å². The van der Waals surface area contributed by atoms with Gasteiger partial charge in [-0.2, -0.15) is 8.78 Å². The number of alkyl halides is 2. The third-order valence-electron chi connectivity index (χ3n) is 1.94. The third kappa shape index (κ3) is 1.91. The van der Waals surface area contributed by atoms with Gasteiger partial charge in [0.1, 0.15) is 10.8 Å². The average molecular weight is 247 g/mol. The molecule has 2 nitrogen and oxygen atoms in total. The summed E-state index contributed by atoms with van der Waals surface area (Å²) in [6.45, 7) is 1.84. The maximum Gasteiger partial charge on any atom is 0.318 e. The summed E-state index contributed by atoms with van der Waals surface area (Å²) < 4.78 is 36.3. The van der Waals surface area contributed by atoms with Crippen LogP contribution in [0.5, 0.6) is 0 Å². The maximum atomic E-state index is 12.2. The van der Waals surface area contributed by atoms with Crippen molar-refractivity contribution in [3.63, 3.8) is 0 Å². The number of aromatic nitrogens is 1. The van der Waals surface area contributed by atoms with Gasteiger partial charge in [-0.05, 0) is 18.6 Å². The molecule has 0 fully saturated rings. The highest BCUT2D eigenvalue weighted by molar-refractivity contribution is 7.87. The zero-order valence-electron chi connectivity index (χ0n) is 7.74. The SMILES string of the molecule is Cc1cccc2sc(S(=O)C(F)F)nc12. The lowest BCUT2D eigenvalue weighted by molar-refractivity contribution is 0.244. The van der Waals surface area contributed by atoms with E-state index in [2.05, 4.69) is 4.98 Å². The van der Waals surface area contributed by atoms with Crippen molar-refractivity contribution in [1.29, 1.82) is 0 Å². The van der Waals surface area contributed by atoms with Crippen molar-refractivity contribution in [2.45, 2.75) is 17.0 Å². The molecule has 0 spiro atoms. The third-order valence-corrected chi connectivity index (χ3v) is 4.25. The van der Waals surface area contributed by atoms with E-state index >= 15 is 0 Å². The first kappa shape index (κ1) is 10.6. The van der Waals surface area contributed by atoms with Crippen LogP contribution in [0.3, 0.4) is 0 Å². The second-order valence-electron chi connectivity index (χ2n) is 2.96.